The summed E-state index contributed by atoms with van der Waals surface area (Å²) < 4.78 is 65.6. The number of ether oxygens (including phenoxy) is 1. The molecule has 0 aliphatic heterocycles. The van der Waals surface area contributed by atoms with Gasteiger partial charge in [-0.1, -0.05) is 48.0 Å². The SMILES string of the molecule is N[C@H](Cc1ccc(-c2cccc(Cl)c2)cc1)CC(O)C(=O)OCC(F)(F)C(F)(F)F. The Morgan fingerprint density at radius 2 is 1.70 bits per heavy atom. The van der Waals surface area contributed by atoms with E-state index in [4.69, 9.17) is 17.3 Å². The number of aliphatic hydroxyl groups excluding tert-OH is 1. The molecule has 0 amide bonds. The van der Waals surface area contributed by atoms with Gasteiger partial charge in [0.2, 0.25) is 0 Å². The first kappa shape index (κ1) is 24.0. The van der Waals surface area contributed by atoms with Crippen molar-refractivity contribution in [1.29, 1.82) is 0 Å². The van der Waals surface area contributed by atoms with Gasteiger partial charge >= 0.3 is 18.1 Å². The van der Waals surface area contributed by atoms with E-state index >= 15 is 0 Å². The van der Waals surface area contributed by atoms with Gasteiger partial charge in [-0.25, -0.2) is 4.79 Å². The molecule has 2 aromatic carbocycles. The molecular formula is C20H19ClF5NO3. The lowest BCUT2D eigenvalue weighted by Crippen LogP contribution is -2.43. The van der Waals surface area contributed by atoms with Crippen LogP contribution in [0.3, 0.4) is 0 Å². The number of benzene rings is 2. The van der Waals surface area contributed by atoms with Crippen LogP contribution < -0.4 is 5.73 Å². The average Bonchev–Trinajstić information content (AvgIpc) is 2.65. The van der Waals surface area contributed by atoms with Crippen molar-refractivity contribution in [2.45, 2.75) is 37.1 Å². The zero-order valence-corrected chi connectivity index (χ0v) is 16.3. The smallest absolute Gasteiger partial charge is 0.456 e. The third kappa shape index (κ3) is 6.65. The van der Waals surface area contributed by atoms with Crippen molar-refractivity contribution in [3.8, 4) is 11.1 Å². The highest BCUT2D eigenvalue weighted by molar-refractivity contribution is 6.30. The second kappa shape index (κ2) is 9.72. The molecule has 164 valence electrons. The van der Waals surface area contributed by atoms with Crippen molar-refractivity contribution in [3.05, 3.63) is 59.1 Å². The van der Waals surface area contributed by atoms with Crippen LogP contribution >= 0.6 is 11.6 Å². The van der Waals surface area contributed by atoms with Gasteiger partial charge in [-0.05, 0) is 41.7 Å². The molecule has 3 N–H and O–H groups in total. The summed E-state index contributed by atoms with van der Waals surface area (Å²) in [6.45, 7) is -2.20. The molecule has 2 atom stereocenters. The van der Waals surface area contributed by atoms with E-state index in [2.05, 4.69) is 4.74 Å². The van der Waals surface area contributed by atoms with Crippen LogP contribution in [-0.4, -0.2) is 41.9 Å². The van der Waals surface area contributed by atoms with Crippen LogP contribution in [0.1, 0.15) is 12.0 Å². The topological polar surface area (TPSA) is 72.5 Å². The van der Waals surface area contributed by atoms with Crippen LogP contribution in [0.2, 0.25) is 5.02 Å². The molecule has 0 heterocycles. The number of hydrogen-bond acceptors (Lipinski definition) is 4. The predicted octanol–water partition coefficient (Wildman–Crippen LogP) is 4.37. The van der Waals surface area contributed by atoms with Gasteiger partial charge < -0.3 is 15.6 Å². The van der Waals surface area contributed by atoms with Crippen molar-refractivity contribution in [1.82, 2.24) is 0 Å². The molecule has 30 heavy (non-hydrogen) atoms. The zero-order valence-electron chi connectivity index (χ0n) is 15.5. The van der Waals surface area contributed by atoms with Gasteiger partial charge in [0.05, 0.1) is 0 Å². The summed E-state index contributed by atoms with van der Waals surface area (Å²) in [5, 5.41) is 10.3. The van der Waals surface area contributed by atoms with Crippen LogP contribution in [0.15, 0.2) is 48.5 Å². The Hall–Kier alpha value is -2.23. The standard InChI is InChI=1S/C20H19ClF5NO3/c21-15-3-1-2-14(9-15)13-6-4-12(5-7-13)8-16(27)10-17(28)18(29)30-11-19(22,23)20(24,25)26/h1-7,9,16-17,28H,8,10-11,27H2/t16-,17?/m1/s1. The highest BCUT2D eigenvalue weighted by Crippen LogP contribution is 2.35. The second-order valence-electron chi connectivity index (χ2n) is 6.73. The monoisotopic (exact) mass is 451 g/mol. The van der Waals surface area contributed by atoms with E-state index in [1.54, 1.807) is 24.3 Å². The maximum Gasteiger partial charge on any atom is 0.456 e. The molecule has 2 rings (SSSR count). The van der Waals surface area contributed by atoms with Gasteiger partial charge in [0.25, 0.3) is 0 Å². The van der Waals surface area contributed by atoms with Crippen LogP contribution in [0.5, 0.6) is 0 Å². The van der Waals surface area contributed by atoms with Crippen molar-refractivity contribution < 1.29 is 36.6 Å². The van der Waals surface area contributed by atoms with E-state index in [-0.39, 0.29) is 12.8 Å². The van der Waals surface area contributed by atoms with E-state index in [1.807, 2.05) is 24.3 Å². The summed E-state index contributed by atoms with van der Waals surface area (Å²) in [4.78, 5) is 11.5. The zero-order chi connectivity index (χ0) is 22.5. The van der Waals surface area contributed by atoms with E-state index in [0.717, 1.165) is 16.7 Å². The minimum atomic E-state index is -5.86. The second-order valence-corrected chi connectivity index (χ2v) is 7.17. The van der Waals surface area contributed by atoms with Crippen molar-refractivity contribution in [2.24, 2.45) is 5.73 Å². The van der Waals surface area contributed by atoms with E-state index < -0.39 is 36.8 Å². The molecule has 0 spiro atoms. The Morgan fingerprint density at radius 1 is 1.07 bits per heavy atom. The Bertz CT molecular complexity index is 858. The van der Waals surface area contributed by atoms with Crippen LogP contribution in [-0.2, 0) is 16.0 Å². The Balaban J connectivity index is 1.87. The fourth-order valence-corrected chi connectivity index (χ4v) is 2.80. The highest BCUT2D eigenvalue weighted by Gasteiger charge is 2.58. The fraction of sp³-hybridized carbons (Fsp3) is 0.350. The number of esters is 1. The summed E-state index contributed by atoms with van der Waals surface area (Å²) >= 11 is 5.96. The van der Waals surface area contributed by atoms with E-state index in [0.29, 0.717) is 5.02 Å². The molecule has 2 aromatic rings. The number of carbonyl (C=O) groups excluding carboxylic acids is 1. The maximum atomic E-state index is 12.8. The van der Waals surface area contributed by atoms with Crippen molar-refractivity contribution in [3.63, 3.8) is 0 Å². The third-order valence-corrected chi connectivity index (χ3v) is 4.45. The van der Waals surface area contributed by atoms with Crippen LogP contribution in [0.4, 0.5) is 22.0 Å². The number of aliphatic hydroxyl groups is 1. The normalized spacial score (nSPS) is 14.3. The number of carbonyl (C=O) groups is 1. The molecule has 0 fully saturated rings. The maximum absolute atomic E-state index is 12.8. The molecule has 10 heteroatoms. The number of alkyl halides is 5. The molecule has 0 bridgehead atoms. The first-order chi connectivity index (χ1) is 13.9. The molecule has 0 aliphatic carbocycles. The highest BCUT2D eigenvalue weighted by atomic mass is 35.5. The number of rotatable bonds is 8. The first-order valence-electron chi connectivity index (χ1n) is 8.79. The minimum absolute atomic E-state index is 0.235. The minimum Gasteiger partial charge on any atom is -0.457 e. The molecule has 0 saturated carbocycles. The molecular weight excluding hydrogens is 433 g/mol. The molecule has 1 unspecified atom stereocenters. The first-order valence-corrected chi connectivity index (χ1v) is 9.16. The van der Waals surface area contributed by atoms with Gasteiger partial charge in [-0.3, -0.25) is 0 Å². The molecule has 0 aromatic heterocycles. The molecule has 4 nitrogen and oxygen atoms in total. The predicted molar refractivity (Wildman–Crippen MR) is 101 cm³/mol. The van der Waals surface area contributed by atoms with Crippen LogP contribution in [0, 0.1) is 0 Å². The Morgan fingerprint density at radius 3 is 2.27 bits per heavy atom. The largest absolute Gasteiger partial charge is 0.457 e. The Labute approximate surface area is 174 Å². The third-order valence-electron chi connectivity index (χ3n) is 4.22. The number of nitrogens with two attached hydrogens (primary N) is 1. The van der Waals surface area contributed by atoms with Crippen LogP contribution in [0.25, 0.3) is 11.1 Å². The number of hydrogen-bond donors (Lipinski definition) is 2. The van der Waals surface area contributed by atoms with Gasteiger partial charge in [0.15, 0.2) is 12.7 Å². The van der Waals surface area contributed by atoms with Crippen molar-refractivity contribution >= 4 is 17.6 Å². The lowest BCUT2D eigenvalue weighted by molar-refractivity contribution is -0.294. The summed E-state index contributed by atoms with van der Waals surface area (Å²) in [6.07, 6.45) is -7.91. The quantitative estimate of drug-likeness (QED) is 0.462. The average molecular weight is 452 g/mol. The molecule has 0 saturated heterocycles. The van der Waals surface area contributed by atoms with Gasteiger partial charge in [0, 0.05) is 11.1 Å². The van der Waals surface area contributed by atoms with Crippen molar-refractivity contribution in [2.75, 3.05) is 6.61 Å². The summed E-state index contributed by atoms with van der Waals surface area (Å²) in [7, 11) is 0. The fourth-order valence-electron chi connectivity index (χ4n) is 2.61. The summed E-state index contributed by atoms with van der Waals surface area (Å²) in [5.41, 5.74) is 8.44. The number of halogens is 6. The lowest BCUT2D eigenvalue weighted by Gasteiger charge is -2.21. The van der Waals surface area contributed by atoms with Gasteiger partial charge in [-0.2, -0.15) is 22.0 Å². The van der Waals surface area contributed by atoms with Gasteiger partial charge in [0.1, 0.15) is 0 Å². The van der Waals surface area contributed by atoms with E-state index in [9.17, 15) is 31.9 Å². The molecule has 0 radical (unpaired) electrons. The van der Waals surface area contributed by atoms with Gasteiger partial charge in [-0.15, -0.1) is 0 Å². The molecule has 0 aliphatic rings. The van der Waals surface area contributed by atoms with E-state index in [1.165, 1.54) is 0 Å². The summed E-state index contributed by atoms with van der Waals surface area (Å²) in [6, 6.07) is 13.7. The summed E-state index contributed by atoms with van der Waals surface area (Å²) in [5.74, 6) is -6.79. The Kier molecular flexibility index (Phi) is 7.79. The lowest BCUT2D eigenvalue weighted by atomic mass is 9.98.